The van der Waals surface area contributed by atoms with Crippen LogP contribution in [-0.2, 0) is 9.59 Å². The van der Waals surface area contributed by atoms with E-state index >= 15 is 0 Å². The van der Waals surface area contributed by atoms with Gasteiger partial charge in [-0.05, 0) is 32.6 Å². The molecule has 0 bridgehead atoms. The Bertz CT molecular complexity index is 400. The Hall–Kier alpha value is -1.10. The van der Waals surface area contributed by atoms with Gasteiger partial charge in [0.25, 0.3) is 0 Å². The lowest BCUT2D eigenvalue weighted by Crippen LogP contribution is -2.56. The Labute approximate surface area is 127 Å². The first kappa shape index (κ1) is 16.3. The molecule has 2 unspecified atom stereocenters. The van der Waals surface area contributed by atoms with E-state index < -0.39 is 0 Å². The second-order valence-corrected chi connectivity index (χ2v) is 6.99. The summed E-state index contributed by atoms with van der Waals surface area (Å²) in [4.78, 5) is 27.9. The van der Waals surface area contributed by atoms with Gasteiger partial charge in [-0.2, -0.15) is 0 Å². The van der Waals surface area contributed by atoms with Gasteiger partial charge in [-0.3, -0.25) is 9.59 Å². The summed E-state index contributed by atoms with van der Waals surface area (Å²) in [6.45, 7) is 5.10. The lowest BCUT2D eigenvalue weighted by Gasteiger charge is -2.42. The molecule has 2 aliphatic rings. The number of nitrogens with zero attached hydrogens (tertiary/aromatic N) is 2. The maximum atomic E-state index is 12.7. The highest BCUT2D eigenvalue weighted by atomic mass is 16.2. The van der Waals surface area contributed by atoms with Crippen LogP contribution >= 0.6 is 0 Å². The Morgan fingerprint density at radius 1 is 1.19 bits per heavy atom. The molecule has 0 spiro atoms. The lowest BCUT2D eigenvalue weighted by atomic mass is 9.74. The number of hydrogen-bond acceptors (Lipinski definition) is 3. The zero-order chi connectivity index (χ0) is 15.6. The van der Waals surface area contributed by atoms with E-state index in [-0.39, 0.29) is 29.3 Å². The van der Waals surface area contributed by atoms with Crippen molar-refractivity contribution in [3.05, 3.63) is 0 Å². The average molecular weight is 295 g/mol. The summed E-state index contributed by atoms with van der Waals surface area (Å²) < 4.78 is 0. The molecule has 1 aliphatic carbocycles. The predicted molar refractivity (Wildman–Crippen MR) is 82.6 cm³/mol. The van der Waals surface area contributed by atoms with Gasteiger partial charge in [0.05, 0.1) is 5.92 Å². The summed E-state index contributed by atoms with van der Waals surface area (Å²) in [6.07, 6.45) is 5.83. The number of carbonyl (C=O) groups excluding carboxylic acids is 2. The molecular weight excluding hydrogens is 266 g/mol. The van der Waals surface area contributed by atoms with Crippen LogP contribution in [0.4, 0.5) is 0 Å². The standard InChI is InChI=1S/C16H29N3O2/c1-12(20)18(3)13-7-10-19(11-8-13)15(21)14-6-4-5-9-16(14,2)17/h13-14H,4-11,17H2,1-3H3. The highest BCUT2D eigenvalue weighted by Crippen LogP contribution is 2.33. The second kappa shape index (κ2) is 6.34. The normalized spacial score (nSPS) is 31.0. The molecule has 5 heteroatoms. The van der Waals surface area contributed by atoms with Gasteiger partial charge in [0, 0.05) is 38.6 Å². The van der Waals surface area contributed by atoms with E-state index in [0.717, 1.165) is 51.6 Å². The predicted octanol–water partition coefficient (Wildman–Crippen LogP) is 1.36. The third kappa shape index (κ3) is 3.57. The van der Waals surface area contributed by atoms with Crippen molar-refractivity contribution >= 4 is 11.8 Å². The van der Waals surface area contributed by atoms with Crippen molar-refractivity contribution in [2.24, 2.45) is 11.7 Å². The van der Waals surface area contributed by atoms with Gasteiger partial charge in [-0.25, -0.2) is 0 Å². The SMILES string of the molecule is CC(=O)N(C)C1CCN(C(=O)C2CCCCC2(C)N)CC1. The molecule has 2 N–H and O–H groups in total. The summed E-state index contributed by atoms with van der Waals surface area (Å²) in [5, 5.41) is 0. The van der Waals surface area contributed by atoms with Crippen LogP contribution in [0.1, 0.15) is 52.4 Å². The summed E-state index contributed by atoms with van der Waals surface area (Å²) in [5.74, 6) is 0.290. The van der Waals surface area contributed by atoms with E-state index in [9.17, 15) is 9.59 Å². The molecule has 1 aliphatic heterocycles. The topological polar surface area (TPSA) is 66.6 Å². The summed E-state index contributed by atoms with van der Waals surface area (Å²) in [7, 11) is 1.85. The van der Waals surface area contributed by atoms with Crippen LogP contribution in [0.25, 0.3) is 0 Å². The second-order valence-electron chi connectivity index (χ2n) is 6.99. The molecule has 2 fully saturated rings. The zero-order valence-corrected chi connectivity index (χ0v) is 13.6. The largest absolute Gasteiger partial charge is 0.343 e. The fraction of sp³-hybridized carbons (Fsp3) is 0.875. The first-order valence-corrected chi connectivity index (χ1v) is 8.14. The van der Waals surface area contributed by atoms with Crippen molar-refractivity contribution in [3.63, 3.8) is 0 Å². The van der Waals surface area contributed by atoms with Gasteiger partial charge in [0.2, 0.25) is 11.8 Å². The summed E-state index contributed by atoms with van der Waals surface area (Å²) in [6, 6.07) is 0.266. The monoisotopic (exact) mass is 295 g/mol. The highest BCUT2D eigenvalue weighted by molar-refractivity contribution is 5.80. The Morgan fingerprint density at radius 3 is 2.33 bits per heavy atom. The number of nitrogens with two attached hydrogens (primary N) is 1. The maximum absolute atomic E-state index is 12.7. The molecule has 2 atom stereocenters. The molecule has 0 radical (unpaired) electrons. The molecule has 0 aromatic rings. The van der Waals surface area contributed by atoms with Crippen LogP contribution in [-0.4, -0.2) is 53.3 Å². The summed E-state index contributed by atoms with van der Waals surface area (Å²) >= 11 is 0. The summed E-state index contributed by atoms with van der Waals surface area (Å²) in [5.41, 5.74) is 5.99. The fourth-order valence-corrected chi connectivity index (χ4v) is 3.71. The van der Waals surface area contributed by atoms with Gasteiger partial charge in [0.1, 0.15) is 0 Å². The quantitative estimate of drug-likeness (QED) is 0.836. The number of rotatable bonds is 2. The maximum Gasteiger partial charge on any atom is 0.227 e. The zero-order valence-electron chi connectivity index (χ0n) is 13.6. The van der Waals surface area contributed by atoms with Gasteiger partial charge in [0.15, 0.2) is 0 Å². The number of amides is 2. The highest BCUT2D eigenvalue weighted by Gasteiger charge is 2.40. The number of likely N-dealkylation sites (tertiary alicyclic amines) is 1. The molecule has 0 aromatic carbocycles. The van der Waals surface area contributed by atoms with Crippen LogP contribution in [0.5, 0.6) is 0 Å². The third-order valence-corrected chi connectivity index (χ3v) is 5.37. The van der Waals surface area contributed by atoms with Crippen molar-refractivity contribution < 1.29 is 9.59 Å². The molecule has 1 saturated carbocycles. The molecule has 1 heterocycles. The van der Waals surface area contributed by atoms with E-state index in [4.69, 9.17) is 5.73 Å². The Morgan fingerprint density at radius 2 is 1.81 bits per heavy atom. The van der Waals surface area contributed by atoms with E-state index in [1.165, 1.54) is 0 Å². The number of hydrogen-bond donors (Lipinski definition) is 1. The minimum absolute atomic E-state index is 0.0339. The van der Waals surface area contributed by atoms with E-state index in [0.29, 0.717) is 0 Å². The Kier molecular flexibility index (Phi) is 4.91. The van der Waals surface area contributed by atoms with Gasteiger partial charge in [-0.15, -0.1) is 0 Å². The molecular formula is C16H29N3O2. The van der Waals surface area contributed by atoms with Crippen LogP contribution in [0, 0.1) is 5.92 Å². The van der Waals surface area contributed by atoms with E-state index in [1.54, 1.807) is 11.8 Å². The van der Waals surface area contributed by atoms with Crippen LogP contribution in [0.3, 0.4) is 0 Å². The lowest BCUT2D eigenvalue weighted by molar-refractivity contribution is -0.141. The first-order valence-electron chi connectivity index (χ1n) is 8.14. The van der Waals surface area contributed by atoms with Crippen molar-refractivity contribution in [1.82, 2.24) is 9.80 Å². The van der Waals surface area contributed by atoms with Gasteiger partial charge in [-0.1, -0.05) is 12.8 Å². The fourth-order valence-electron chi connectivity index (χ4n) is 3.71. The number of piperidine rings is 1. The molecule has 1 saturated heterocycles. The average Bonchev–Trinajstić information content (AvgIpc) is 2.45. The van der Waals surface area contributed by atoms with Gasteiger partial charge < -0.3 is 15.5 Å². The molecule has 2 rings (SSSR count). The molecule has 5 nitrogen and oxygen atoms in total. The van der Waals surface area contributed by atoms with E-state index in [1.807, 2.05) is 18.9 Å². The smallest absolute Gasteiger partial charge is 0.227 e. The molecule has 2 amide bonds. The molecule has 21 heavy (non-hydrogen) atoms. The van der Waals surface area contributed by atoms with Crippen LogP contribution < -0.4 is 5.73 Å². The number of carbonyl (C=O) groups is 2. The first-order chi connectivity index (χ1) is 9.83. The van der Waals surface area contributed by atoms with Crippen molar-refractivity contribution in [2.45, 2.75) is 64.0 Å². The van der Waals surface area contributed by atoms with Crippen molar-refractivity contribution in [3.8, 4) is 0 Å². The molecule has 120 valence electrons. The Balaban J connectivity index is 1.92. The van der Waals surface area contributed by atoms with Crippen molar-refractivity contribution in [2.75, 3.05) is 20.1 Å². The third-order valence-electron chi connectivity index (χ3n) is 5.37. The van der Waals surface area contributed by atoms with Gasteiger partial charge >= 0.3 is 0 Å². The van der Waals surface area contributed by atoms with Crippen LogP contribution in [0.2, 0.25) is 0 Å². The van der Waals surface area contributed by atoms with Crippen LogP contribution in [0.15, 0.2) is 0 Å². The van der Waals surface area contributed by atoms with Crippen molar-refractivity contribution in [1.29, 1.82) is 0 Å². The minimum Gasteiger partial charge on any atom is -0.343 e. The minimum atomic E-state index is -0.359. The molecule has 0 aromatic heterocycles. The van der Waals surface area contributed by atoms with E-state index in [2.05, 4.69) is 0 Å².